The number of esters is 1. The highest BCUT2D eigenvalue weighted by molar-refractivity contribution is 6.06. The normalized spacial score (nSPS) is 12.0. The maximum atomic E-state index is 12.7. The number of aromatic nitrogens is 3. The summed E-state index contributed by atoms with van der Waals surface area (Å²) >= 11 is 0. The molecule has 0 saturated heterocycles. The Morgan fingerprint density at radius 1 is 0.431 bits per heavy atom. The second-order valence-electron chi connectivity index (χ2n) is 27.0. The molecule has 7 aromatic rings. The molecule has 622 valence electrons. The van der Waals surface area contributed by atoms with Gasteiger partial charge >= 0.3 is 17.9 Å². The van der Waals surface area contributed by atoms with E-state index >= 15 is 0 Å². The molecule has 3 fully saturated rings. The first-order valence-electron chi connectivity index (χ1n) is 37.2. The monoisotopic (exact) mass is 1600 g/mol. The summed E-state index contributed by atoms with van der Waals surface area (Å²) in [5.74, 6) is -2.34. The first kappa shape index (κ1) is 93.2. The molecule has 7 amide bonds. The maximum Gasteiger partial charge on any atom is 0.337 e. The van der Waals surface area contributed by atoms with Gasteiger partial charge in [-0.1, -0.05) is 12.1 Å². The number of likely N-dealkylation sites (N-methyl/N-ethyl adjacent to an activating group) is 3. The standard InChI is InChI=1S/C23H31N7O3.C12H17N5O3.C12H19N5O.C12H16N2O2.C11H14N2O3.C9H8O4/c1-26-10-11-28-21(31)16-4-6-17(7-5-16)22(32)29-18-12-19(23(33)27-9-8-20(24)25)30(14-18)13-15-2-3-15;13-11(14)3-4-15-12(18)10-5-9(17(19)20)7-16(10)6-8-1-2-8;13-9-5-10(12(18)16-4-3-11(14)15)17(7-9)6-8-1-2-8;1-9(15)10-3-5-11(6-4-10)12(16)14-8-7-13-2;1-12-6-7-13-10(14)8-2-4-9(5-3-8)11(15)16;1-13-9(12)7-4-2-6(3-5-7)8(10)11/h4-7,12,14-15,26H,2-3,8-11,13H2,1H3,(H3,24,25)(H,27,33)(H,28,31)(H,29,32);5,7-8H,1-4,6H2,(H3,13,14)(H,15,18);5,7-8H,1-4,6,13H2,(H3,14,15)(H,16,18);3-6,13H,7-8H2,1-2H3,(H,14,16);2-5,12H,6-7H2,1H3,(H,13,14)(H,15,16);2-5H,1H3,(H,10,11). The Balaban J connectivity index is 0.000000256. The van der Waals surface area contributed by atoms with Crippen LogP contribution in [0.25, 0.3) is 0 Å². The number of anilines is 2. The Morgan fingerprint density at radius 3 is 1.05 bits per heavy atom. The molecule has 3 saturated carbocycles. The van der Waals surface area contributed by atoms with Crippen LogP contribution in [0, 0.1) is 44.1 Å². The van der Waals surface area contributed by atoms with E-state index in [-0.39, 0.29) is 113 Å². The molecular weight excluding hydrogens is 1500 g/mol. The van der Waals surface area contributed by atoms with Crippen molar-refractivity contribution in [1.29, 1.82) is 16.2 Å². The lowest BCUT2D eigenvalue weighted by molar-refractivity contribution is -0.384. The molecule has 0 unspecified atom stereocenters. The molecule has 4 aromatic carbocycles. The number of methoxy groups -OCH3 is 1. The Bertz CT molecular complexity index is 4450. The fourth-order valence-corrected chi connectivity index (χ4v) is 10.3. The van der Waals surface area contributed by atoms with Crippen LogP contribution in [0.15, 0.2) is 134 Å². The van der Waals surface area contributed by atoms with E-state index in [1.807, 2.05) is 23.2 Å². The summed E-state index contributed by atoms with van der Waals surface area (Å²) in [6.45, 7) is 8.33. The van der Waals surface area contributed by atoms with Crippen LogP contribution in [-0.2, 0) is 24.4 Å². The Kier molecular flexibility index (Phi) is 38.9. The third-order valence-electron chi connectivity index (χ3n) is 17.2. The van der Waals surface area contributed by atoms with Gasteiger partial charge in [0, 0.05) is 144 Å². The van der Waals surface area contributed by atoms with Gasteiger partial charge in [0.05, 0.1) is 63.8 Å². The number of nitrogens with two attached hydrogens (primary N) is 4. The summed E-state index contributed by atoms with van der Waals surface area (Å²) < 4.78 is 9.86. The number of aromatic carboxylic acids is 2. The van der Waals surface area contributed by atoms with Crippen molar-refractivity contribution in [3.05, 3.63) is 206 Å². The van der Waals surface area contributed by atoms with E-state index in [1.54, 1.807) is 84.7 Å². The van der Waals surface area contributed by atoms with Crippen molar-refractivity contribution in [2.75, 3.05) is 98.2 Å². The summed E-state index contributed by atoms with van der Waals surface area (Å²) in [4.78, 5) is 138. The molecule has 3 aliphatic rings. The lowest BCUT2D eigenvalue weighted by Crippen LogP contribution is -2.30. The van der Waals surface area contributed by atoms with E-state index in [0.29, 0.717) is 133 Å². The topological polar surface area (TPSA) is 591 Å². The predicted octanol–water partition coefficient (Wildman–Crippen LogP) is 4.90. The predicted molar refractivity (Wildman–Crippen MR) is 437 cm³/mol. The number of rotatable bonds is 37. The molecule has 0 bridgehead atoms. The molecule has 0 radical (unpaired) electrons. The second-order valence-corrected chi connectivity index (χ2v) is 27.0. The van der Waals surface area contributed by atoms with Gasteiger partial charge in [0.2, 0.25) is 0 Å². The zero-order valence-electron chi connectivity index (χ0n) is 65.5. The minimum atomic E-state index is -1.02. The van der Waals surface area contributed by atoms with Crippen LogP contribution in [0.3, 0.4) is 0 Å². The number of carboxylic acids is 2. The third kappa shape index (κ3) is 34.3. The maximum absolute atomic E-state index is 12.7. The van der Waals surface area contributed by atoms with Crippen LogP contribution in [0.1, 0.15) is 179 Å². The van der Waals surface area contributed by atoms with Crippen molar-refractivity contribution < 1.29 is 72.6 Å². The minimum Gasteiger partial charge on any atom is -0.478 e. The van der Waals surface area contributed by atoms with Crippen molar-refractivity contribution in [1.82, 2.24) is 61.6 Å². The van der Waals surface area contributed by atoms with Crippen LogP contribution in [0.4, 0.5) is 17.1 Å². The summed E-state index contributed by atoms with van der Waals surface area (Å²) in [6, 6.07) is 29.0. The Morgan fingerprint density at radius 2 is 0.733 bits per heavy atom. The minimum absolute atomic E-state index is 0.00198. The van der Waals surface area contributed by atoms with E-state index < -0.39 is 22.8 Å². The number of hydrogen-bond donors (Lipinski definition) is 19. The van der Waals surface area contributed by atoms with Crippen molar-refractivity contribution in [2.24, 2.45) is 35.0 Å². The number of carboxylic acid groups (broad SMARTS) is 2. The number of nitrogens with zero attached hydrogens (tertiary/aromatic N) is 4. The molecule has 0 spiro atoms. The van der Waals surface area contributed by atoms with E-state index in [2.05, 4.69) is 57.9 Å². The van der Waals surface area contributed by atoms with Crippen molar-refractivity contribution >= 4 is 99.6 Å². The second kappa shape index (κ2) is 48.5. The zero-order valence-corrected chi connectivity index (χ0v) is 65.5. The number of nitrogen functional groups attached to an aromatic ring is 1. The van der Waals surface area contributed by atoms with Crippen LogP contribution in [0.5, 0.6) is 0 Å². The van der Waals surface area contributed by atoms with E-state index in [0.717, 1.165) is 38.8 Å². The van der Waals surface area contributed by atoms with Gasteiger partial charge in [0.15, 0.2) is 5.78 Å². The van der Waals surface area contributed by atoms with Crippen LogP contribution in [0.2, 0.25) is 0 Å². The van der Waals surface area contributed by atoms with Gasteiger partial charge in [-0.25, -0.2) is 14.4 Å². The number of amides is 7. The van der Waals surface area contributed by atoms with Crippen LogP contribution < -0.4 is 76.1 Å². The number of nitrogens with one attached hydrogen (secondary N) is 13. The number of Topliss-reactive ketones (excluding diaryl/α,β-unsaturated/α-hetero) is 1. The largest absolute Gasteiger partial charge is 0.478 e. The molecule has 3 aliphatic carbocycles. The lowest BCUT2D eigenvalue weighted by atomic mass is 10.1. The zero-order chi connectivity index (χ0) is 85.4. The highest BCUT2D eigenvalue weighted by atomic mass is 16.6. The SMILES string of the molecule is CNCCNC(=O)c1ccc(C(=O)Nc2cc(C(=O)NCCC(=N)N)n(CC3CC3)c2)cc1.CNCCNC(=O)c1ccc(C(=O)O)cc1.CNCCNC(=O)c1ccc(C(C)=O)cc1.COC(=O)c1ccc(C(=O)O)cc1.N=C(N)CCNC(=O)c1cc(N)cn1CC1CC1.N=C(N)CCNC(=O)c1cc([N+](=O)[O-])cn1CC1CC1. The van der Waals surface area contributed by atoms with Gasteiger partial charge in [-0.2, -0.15) is 0 Å². The third-order valence-corrected chi connectivity index (χ3v) is 17.2. The molecular formula is C79H105N21O16. The number of ether oxygens (including phenoxy) is 1. The lowest BCUT2D eigenvalue weighted by Gasteiger charge is -2.08. The van der Waals surface area contributed by atoms with E-state index in [1.165, 1.54) is 87.7 Å². The molecule has 23 N–H and O–H groups in total. The number of ketones is 1. The number of amidine groups is 3. The van der Waals surface area contributed by atoms with Crippen molar-refractivity contribution in [3.8, 4) is 0 Å². The molecule has 10 rings (SSSR count). The fourth-order valence-electron chi connectivity index (χ4n) is 10.3. The van der Waals surface area contributed by atoms with E-state index in [4.69, 9.17) is 49.4 Å². The molecule has 116 heavy (non-hydrogen) atoms. The highest BCUT2D eigenvalue weighted by Crippen LogP contribution is 2.34. The van der Waals surface area contributed by atoms with Gasteiger partial charge in [-0.3, -0.25) is 64.7 Å². The van der Waals surface area contributed by atoms with Crippen molar-refractivity contribution in [2.45, 2.75) is 84.3 Å². The first-order valence-corrected chi connectivity index (χ1v) is 37.2. The van der Waals surface area contributed by atoms with Gasteiger partial charge in [0.1, 0.15) is 17.1 Å². The molecule has 3 heterocycles. The van der Waals surface area contributed by atoms with Crippen LogP contribution >= 0.6 is 0 Å². The summed E-state index contributed by atoms with van der Waals surface area (Å²) in [5, 5.41) is 77.5. The van der Waals surface area contributed by atoms with Gasteiger partial charge in [-0.15, -0.1) is 0 Å². The number of nitro groups is 1. The number of benzene rings is 4. The highest BCUT2D eigenvalue weighted by Gasteiger charge is 2.28. The molecule has 0 atom stereocenters. The first-order chi connectivity index (χ1) is 55.3. The number of carbonyl (C=O) groups is 11. The van der Waals surface area contributed by atoms with Crippen LogP contribution in [-0.4, -0.2) is 199 Å². The Hall–Kier alpha value is -13.4. The summed E-state index contributed by atoms with van der Waals surface area (Å²) in [7, 11) is 6.71. The molecule has 37 heteroatoms. The van der Waals surface area contributed by atoms with Gasteiger partial charge < -0.3 is 105 Å². The number of carbonyl (C=O) groups excluding carboxylic acids is 9. The average molecular weight is 1600 g/mol. The van der Waals surface area contributed by atoms with E-state index in [9.17, 15) is 62.9 Å². The van der Waals surface area contributed by atoms with Gasteiger partial charge in [-0.05, 0) is 181 Å². The van der Waals surface area contributed by atoms with Crippen molar-refractivity contribution in [3.63, 3.8) is 0 Å². The smallest absolute Gasteiger partial charge is 0.337 e. The molecule has 0 aliphatic heterocycles. The summed E-state index contributed by atoms with van der Waals surface area (Å²) in [6.07, 6.45) is 12.8. The Labute approximate surface area is 670 Å². The summed E-state index contributed by atoms with van der Waals surface area (Å²) in [5.41, 5.74) is 27.1. The number of hydrogen-bond acceptors (Lipinski definition) is 21. The average Bonchev–Trinajstić information content (AvgIpc) is 1.65. The molecule has 37 nitrogen and oxygen atoms in total. The molecule has 3 aromatic heterocycles. The fraction of sp³-hybridized carbons (Fsp3) is 0.367. The van der Waals surface area contributed by atoms with Gasteiger partial charge in [0.25, 0.3) is 47.0 Å². The quantitative estimate of drug-likeness (QED) is 0.00468.